The summed E-state index contributed by atoms with van der Waals surface area (Å²) in [6, 6.07) is 0. The van der Waals surface area contributed by atoms with E-state index in [9.17, 15) is 4.79 Å². The van der Waals surface area contributed by atoms with Gasteiger partial charge in [0.15, 0.2) is 0 Å². The number of amides is 1. The monoisotopic (exact) mass is 250 g/mol. The largest absolute Gasteiger partial charge is 0.356 e. The Bertz CT molecular complexity index is 355. The van der Waals surface area contributed by atoms with E-state index in [2.05, 4.69) is 44.4 Å². The molecule has 1 fully saturated rings. The average Bonchev–Trinajstić information content (AvgIpc) is 2.70. The summed E-state index contributed by atoms with van der Waals surface area (Å²) >= 11 is 0. The van der Waals surface area contributed by atoms with Crippen LogP contribution in [0.2, 0.25) is 0 Å². The lowest BCUT2D eigenvalue weighted by Crippen LogP contribution is -2.29. The van der Waals surface area contributed by atoms with Gasteiger partial charge in [-0.15, -0.1) is 0 Å². The second kappa shape index (κ2) is 4.69. The molecule has 2 rings (SSSR count). The van der Waals surface area contributed by atoms with Crippen molar-refractivity contribution in [2.45, 2.75) is 40.5 Å². The van der Waals surface area contributed by atoms with E-state index in [1.807, 2.05) is 0 Å². The van der Waals surface area contributed by atoms with E-state index >= 15 is 0 Å². The average molecular weight is 250 g/mol. The molecule has 1 aliphatic heterocycles. The molecule has 3 nitrogen and oxygen atoms in total. The molecule has 18 heavy (non-hydrogen) atoms. The second-order valence-corrected chi connectivity index (χ2v) is 6.73. The number of rotatable bonds is 4. The van der Waals surface area contributed by atoms with Crippen molar-refractivity contribution in [3.63, 3.8) is 0 Å². The van der Waals surface area contributed by atoms with Crippen LogP contribution in [0.15, 0.2) is 11.6 Å². The number of hydrogen-bond acceptors (Lipinski definition) is 2. The summed E-state index contributed by atoms with van der Waals surface area (Å²) in [7, 11) is 0. The lowest BCUT2D eigenvalue weighted by molar-refractivity contribution is -0.123. The number of nitrogens with one attached hydrogen (secondary N) is 2. The maximum absolute atomic E-state index is 12.1. The summed E-state index contributed by atoms with van der Waals surface area (Å²) in [4.78, 5) is 12.1. The highest BCUT2D eigenvalue weighted by molar-refractivity contribution is 5.84. The lowest BCUT2D eigenvalue weighted by Gasteiger charge is -2.14. The topological polar surface area (TPSA) is 41.1 Å². The van der Waals surface area contributed by atoms with Crippen LogP contribution in [0.4, 0.5) is 0 Å². The molecule has 102 valence electrons. The van der Waals surface area contributed by atoms with E-state index in [0.717, 1.165) is 32.5 Å². The number of hydrogen-bond donors (Lipinski definition) is 2. The number of carbonyl (C=O) groups excluding carboxylic acids is 1. The Morgan fingerprint density at radius 1 is 1.39 bits per heavy atom. The highest BCUT2D eigenvalue weighted by Gasteiger charge is 2.68. The Labute approximate surface area is 110 Å². The highest BCUT2D eigenvalue weighted by atomic mass is 16.2. The third-order valence-electron chi connectivity index (χ3n) is 5.19. The van der Waals surface area contributed by atoms with Gasteiger partial charge >= 0.3 is 0 Å². The van der Waals surface area contributed by atoms with Crippen LogP contribution in [0.1, 0.15) is 40.5 Å². The molecule has 1 amide bonds. The maximum Gasteiger partial charge on any atom is 0.224 e. The van der Waals surface area contributed by atoms with Crippen LogP contribution in [0, 0.1) is 16.7 Å². The van der Waals surface area contributed by atoms with Gasteiger partial charge in [-0.2, -0.15) is 0 Å². The minimum Gasteiger partial charge on any atom is -0.356 e. The zero-order valence-electron chi connectivity index (χ0n) is 12.1. The Morgan fingerprint density at radius 2 is 2.06 bits per heavy atom. The molecule has 0 aromatic carbocycles. The van der Waals surface area contributed by atoms with Crippen molar-refractivity contribution < 1.29 is 4.79 Å². The van der Waals surface area contributed by atoms with E-state index in [0.29, 0.717) is 0 Å². The van der Waals surface area contributed by atoms with Gasteiger partial charge in [0.1, 0.15) is 0 Å². The van der Waals surface area contributed by atoms with Gasteiger partial charge in [-0.3, -0.25) is 4.79 Å². The SMILES string of the molecule is CC1(C)C(C(=O)NCCC2=CCNCC2)C1(C)C. The molecule has 2 N–H and O–H groups in total. The fourth-order valence-electron chi connectivity index (χ4n) is 3.20. The second-order valence-electron chi connectivity index (χ2n) is 6.73. The van der Waals surface area contributed by atoms with Gasteiger partial charge in [0.05, 0.1) is 0 Å². The van der Waals surface area contributed by atoms with Crippen molar-refractivity contribution >= 4 is 5.91 Å². The third-order valence-corrected chi connectivity index (χ3v) is 5.19. The van der Waals surface area contributed by atoms with E-state index in [1.165, 1.54) is 5.57 Å². The third kappa shape index (κ3) is 2.33. The summed E-state index contributed by atoms with van der Waals surface area (Å²) < 4.78 is 0. The zero-order chi connectivity index (χ0) is 13.4. The van der Waals surface area contributed by atoms with Crippen LogP contribution in [0.5, 0.6) is 0 Å². The molecule has 3 heteroatoms. The Hall–Kier alpha value is -0.830. The first-order chi connectivity index (χ1) is 8.37. The van der Waals surface area contributed by atoms with Crippen LogP contribution in [-0.4, -0.2) is 25.5 Å². The van der Waals surface area contributed by atoms with Crippen LogP contribution in [0.25, 0.3) is 0 Å². The predicted molar refractivity (Wildman–Crippen MR) is 74.2 cm³/mol. The van der Waals surface area contributed by atoms with Gasteiger partial charge in [-0.05, 0) is 30.2 Å². The standard InChI is InChI=1S/C15H26N2O/c1-14(2)12(15(14,3)4)13(18)17-10-7-11-5-8-16-9-6-11/h5,12,16H,6-10H2,1-4H3,(H,17,18). The first-order valence-electron chi connectivity index (χ1n) is 7.03. The summed E-state index contributed by atoms with van der Waals surface area (Å²) in [6.07, 6.45) is 4.37. The molecule has 0 aromatic rings. The molecule has 0 aromatic heterocycles. The van der Waals surface area contributed by atoms with Crippen molar-refractivity contribution in [2.75, 3.05) is 19.6 Å². The normalized spacial score (nSPS) is 25.4. The van der Waals surface area contributed by atoms with Crippen LogP contribution in [0.3, 0.4) is 0 Å². The quantitative estimate of drug-likeness (QED) is 0.750. The predicted octanol–water partition coefficient (Wildman–Crippen LogP) is 2.09. The maximum atomic E-state index is 12.1. The summed E-state index contributed by atoms with van der Waals surface area (Å²) in [5.41, 5.74) is 1.76. The molecule has 0 radical (unpaired) electrons. The van der Waals surface area contributed by atoms with Gasteiger partial charge in [0, 0.05) is 19.0 Å². The van der Waals surface area contributed by atoms with Crippen LogP contribution in [-0.2, 0) is 4.79 Å². The Morgan fingerprint density at radius 3 is 2.56 bits per heavy atom. The molecule has 0 unspecified atom stereocenters. The van der Waals surface area contributed by atoms with Crippen molar-refractivity contribution in [3.8, 4) is 0 Å². The molecule has 0 spiro atoms. The first kappa shape index (κ1) is 13.6. The van der Waals surface area contributed by atoms with Crippen molar-refractivity contribution in [3.05, 3.63) is 11.6 Å². The summed E-state index contributed by atoms with van der Waals surface area (Å²) in [5.74, 6) is 0.409. The Balaban J connectivity index is 1.75. The zero-order valence-corrected chi connectivity index (χ0v) is 12.1. The van der Waals surface area contributed by atoms with Gasteiger partial charge < -0.3 is 10.6 Å². The lowest BCUT2D eigenvalue weighted by atomic mass is 10.0. The molecular formula is C15H26N2O. The van der Waals surface area contributed by atoms with E-state index < -0.39 is 0 Å². The molecule has 1 saturated carbocycles. The van der Waals surface area contributed by atoms with E-state index in [-0.39, 0.29) is 22.7 Å². The molecule has 0 bridgehead atoms. The number of carbonyl (C=O) groups is 1. The summed E-state index contributed by atoms with van der Waals surface area (Å²) in [6.45, 7) is 11.6. The fourth-order valence-corrected chi connectivity index (χ4v) is 3.20. The van der Waals surface area contributed by atoms with E-state index in [4.69, 9.17) is 0 Å². The Kier molecular flexibility index (Phi) is 3.54. The molecule has 1 aliphatic carbocycles. The van der Waals surface area contributed by atoms with E-state index in [1.54, 1.807) is 0 Å². The van der Waals surface area contributed by atoms with Gasteiger partial charge in [-0.1, -0.05) is 39.3 Å². The minimum absolute atomic E-state index is 0.144. The molecule has 0 saturated heterocycles. The molecule has 2 aliphatic rings. The fraction of sp³-hybridized carbons (Fsp3) is 0.800. The van der Waals surface area contributed by atoms with Crippen molar-refractivity contribution in [2.24, 2.45) is 16.7 Å². The first-order valence-corrected chi connectivity index (χ1v) is 7.03. The van der Waals surface area contributed by atoms with Gasteiger partial charge in [-0.25, -0.2) is 0 Å². The van der Waals surface area contributed by atoms with Crippen molar-refractivity contribution in [1.29, 1.82) is 0 Å². The molecular weight excluding hydrogens is 224 g/mol. The molecule has 1 heterocycles. The summed E-state index contributed by atoms with van der Waals surface area (Å²) in [5, 5.41) is 6.40. The van der Waals surface area contributed by atoms with Crippen LogP contribution >= 0.6 is 0 Å². The van der Waals surface area contributed by atoms with Crippen LogP contribution < -0.4 is 10.6 Å². The molecule has 0 atom stereocenters. The minimum atomic E-state index is 0.144. The smallest absolute Gasteiger partial charge is 0.224 e. The highest BCUT2D eigenvalue weighted by Crippen LogP contribution is 2.68. The van der Waals surface area contributed by atoms with Gasteiger partial charge in [0.2, 0.25) is 5.91 Å². The van der Waals surface area contributed by atoms with Crippen molar-refractivity contribution in [1.82, 2.24) is 10.6 Å². The van der Waals surface area contributed by atoms with Gasteiger partial charge in [0.25, 0.3) is 0 Å².